The Hall–Kier alpha value is -5.87. The maximum atomic E-state index is 13.1. The number of benzene rings is 3. The molecule has 0 saturated carbocycles. The molecule has 0 radical (unpaired) electrons. The van der Waals surface area contributed by atoms with E-state index < -0.39 is 0 Å². The first kappa shape index (κ1) is 32.3. The number of aldehydes is 1. The molecule has 3 aromatic carbocycles. The van der Waals surface area contributed by atoms with Crippen molar-refractivity contribution in [1.82, 2.24) is 29.3 Å². The van der Waals surface area contributed by atoms with E-state index in [2.05, 4.69) is 50.8 Å². The van der Waals surface area contributed by atoms with Crippen molar-refractivity contribution < 1.29 is 14.7 Å². The zero-order valence-electron chi connectivity index (χ0n) is 28.3. The van der Waals surface area contributed by atoms with Gasteiger partial charge in [0.05, 0.1) is 16.8 Å². The smallest absolute Gasteiger partial charge is 0.253 e. The summed E-state index contributed by atoms with van der Waals surface area (Å²) in [6, 6.07) is 31.1. The number of carbonyl (C=O) groups excluding carboxylic acids is 2. The van der Waals surface area contributed by atoms with Crippen LogP contribution in [0.2, 0.25) is 0 Å². The topological polar surface area (TPSA) is 130 Å². The number of aromatic hydroxyl groups is 1. The molecule has 256 valence electrons. The number of amides is 1. The van der Waals surface area contributed by atoms with Crippen molar-refractivity contribution in [2.75, 3.05) is 31.9 Å². The lowest BCUT2D eigenvalue weighted by Gasteiger charge is -2.47. The van der Waals surface area contributed by atoms with Crippen LogP contribution >= 0.6 is 0 Å². The molecule has 0 atom stereocenters. The average molecular weight is 678 g/mol. The molecule has 10 nitrogen and oxygen atoms in total. The largest absolute Gasteiger partial charge is 0.507 e. The van der Waals surface area contributed by atoms with Gasteiger partial charge >= 0.3 is 0 Å². The predicted octanol–water partition coefficient (Wildman–Crippen LogP) is 6.77. The fourth-order valence-electron chi connectivity index (χ4n) is 7.60. The SMILES string of the molecule is Nc1ncccc1-c1nc2ccc(-c3ccccc3)nc2n1-c1ccc(CN2CCC3(CC2)CCN(C(=O)c2ccc(C=O)c(O)c2)CC3)cc1. The average Bonchev–Trinajstić information content (AvgIpc) is 3.55. The summed E-state index contributed by atoms with van der Waals surface area (Å²) in [7, 11) is 0. The fourth-order valence-corrected chi connectivity index (χ4v) is 7.60. The minimum absolute atomic E-state index is 0.0920. The zero-order valence-corrected chi connectivity index (χ0v) is 28.3. The van der Waals surface area contributed by atoms with Gasteiger partial charge in [-0.3, -0.25) is 19.1 Å². The van der Waals surface area contributed by atoms with Crippen molar-refractivity contribution in [3.05, 3.63) is 120 Å². The van der Waals surface area contributed by atoms with Crippen LogP contribution in [0.1, 0.15) is 52.0 Å². The van der Waals surface area contributed by atoms with Crippen molar-refractivity contribution in [1.29, 1.82) is 0 Å². The molecule has 6 aromatic rings. The number of nitrogen functional groups attached to an aromatic ring is 1. The van der Waals surface area contributed by atoms with E-state index in [1.165, 1.54) is 17.7 Å². The molecule has 2 saturated heterocycles. The molecule has 0 unspecified atom stereocenters. The first-order chi connectivity index (χ1) is 24.9. The number of imidazole rings is 1. The number of carbonyl (C=O) groups is 2. The summed E-state index contributed by atoms with van der Waals surface area (Å²) in [5, 5.41) is 10.1. The van der Waals surface area contributed by atoms with Crippen LogP contribution in [0.15, 0.2) is 103 Å². The quantitative estimate of drug-likeness (QED) is 0.177. The lowest BCUT2D eigenvalue weighted by atomic mass is 9.71. The van der Waals surface area contributed by atoms with E-state index in [0.717, 1.165) is 79.0 Å². The lowest BCUT2D eigenvalue weighted by molar-refractivity contribution is 0.0285. The highest BCUT2D eigenvalue weighted by atomic mass is 16.3. The van der Waals surface area contributed by atoms with Gasteiger partial charge in [-0.25, -0.2) is 15.0 Å². The number of hydrogen-bond donors (Lipinski definition) is 2. The second-order valence-electron chi connectivity index (χ2n) is 13.7. The van der Waals surface area contributed by atoms with Crippen LogP contribution in [0, 0.1) is 5.41 Å². The van der Waals surface area contributed by atoms with E-state index in [0.29, 0.717) is 36.6 Å². The number of fused-ring (bicyclic) bond motifs is 1. The molecule has 2 aliphatic heterocycles. The zero-order chi connectivity index (χ0) is 35.0. The highest BCUT2D eigenvalue weighted by Gasteiger charge is 2.38. The van der Waals surface area contributed by atoms with Crippen LogP contribution in [0.5, 0.6) is 5.75 Å². The monoisotopic (exact) mass is 677 g/mol. The van der Waals surface area contributed by atoms with Crippen LogP contribution in [0.4, 0.5) is 5.82 Å². The number of phenolic OH excluding ortho intramolecular Hbond substituents is 1. The van der Waals surface area contributed by atoms with Crippen molar-refractivity contribution in [3.63, 3.8) is 0 Å². The van der Waals surface area contributed by atoms with Gasteiger partial charge in [0.1, 0.15) is 17.1 Å². The third-order valence-corrected chi connectivity index (χ3v) is 10.7. The molecule has 2 aliphatic rings. The molecule has 5 heterocycles. The minimum atomic E-state index is -0.157. The minimum Gasteiger partial charge on any atom is -0.507 e. The Balaban J connectivity index is 0.958. The summed E-state index contributed by atoms with van der Waals surface area (Å²) in [5.74, 6) is 0.866. The Morgan fingerprint density at radius 2 is 1.59 bits per heavy atom. The molecular weight excluding hydrogens is 638 g/mol. The maximum Gasteiger partial charge on any atom is 0.253 e. The van der Waals surface area contributed by atoms with Crippen molar-refractivity contribution in [2.45, 2.75) is 32.2 Å². The second kappa shape index (κ2) is 13.4. The molecule has 0 bridgehead atoms. The first-order valence-corrected chi connectivity index (χ1v) is 17.4. The van der Waals surface area contributed by atoms with E-state index in [9.17, 15) is 14.7 Å². The van der Waals surface area contributed by atoms with Gasteiger partial charge in [0, 0.05) is 42.6 Å². The predicted molar refractivity (Wildman–Crippen MR) is 198 cm³/mol. The Bertz CT molecular complexity index is 2210. The molecule has 2 fully saturated rings. The Morgan fingerprint density at radius 3 is 2.29 bits per heavy atom. The van der Waals surface area contributed by atoms with Gasteiger partial charge < -0.3 is 15.7 Å². The number of rotatable bonds is 7. The van der Waals surface area contributed by atoms with Crippen molar-refractivity contribution in [2.24, 2.45) is 5.41 Å². The van der Waals surface area contributed by atoms with E-state index in [1.807, 2.05) is 47.4 Å². The van der Waals surface area contributed by atoms with E-state index in [4.69, 9.17) is 15.7 Å². The van der Waals surface area contributed by atoms with Gasteiger partial charge in [-0.1, -0.05) is 42.5 Å². The summed E-state index contributed by atoms with van der Waals surface area (Å²) >= 11 is 0. The number of pyridine rings is 2. The van der Waals surface area contributed by atoms with Crippen LogP contribution < -0.4 is 5.73 Å². The Kier molecular flexibility index (Phi) is 8.53. The number of hydrogen-bond acceptors (Lipinski definition) is 8. The standard InChI is InChI=1S/C41H39N7O3/c42-37-33(7-4-20-43-37)38-45-35-15-14-34(29-5-2-1-3-6-29)44-39(35)48(38)32-12-8-28(9-13-32)26-46-21-16-41(17-22-46)18-23-47(24-19-41)40(51)30-10-11-31(27-49)36(50)25-30/h1-15,20,25,27,50H,16-19,21-24,26H2,(H2,42,43). The number of nitrogens with zero attached hydrogens (tertiary/aromatic N) is 6. The summed E-state index contributed by atoms with van der Waals surface area (Å²) in [4.78, 5) is 43.0. The molecule has 1 amide bonds. The van der Waals surface area contributed by atoms with Crippen LogP contribution in [0.25, 0.3) is 39.5 Å². The van der Waals surface area contributed by atoms with Crippen molar-refractivity contribution in [3.8, 4) is 34.1 Å². The number of phenols is 1. The molecule has 8 rings (SSSR count). The maximum absolute atomic E-state index is 13.1. The number of nitrogens with two attached hydrogens (primary N) is 1. The summed E-state index contributed by atoms with van der Waals surface area (Å²) in [6.07, 6.45) is 6.44. The number of anilines is 1. The van der Waals surface area contributed by atoms with Crippen molar-refractivity contribution >= 4 is 29.2 Å². The summed E-state index contributed by atoms with van der Waals surface area (Å²) in [5.41, 5.74) is 13.6. The van der Waals surface area contributed by atoms with Gasteiger partial charge in [-0.05, 0) is 104 Å². The molecule has 1 spiro atoms. The van der Waals surface area contributed by atoms with Gasteiger partial charge in [0.25, 0.3) is 5.91 Å². The Morgan fingerprint density at radius 1 is 0.843 bits per heavy atom. The summed E-state index contributed by atoms with van der Waals surface area (Å²) < 4.78 is 2.07. The highest BCUT2D eigenvalue weighted by Crippen LogP contribution is 2.42. The molecule has 0 aliphatic carbocycles. The number of likely N-dealkylation sites (tertiary alicyclic amines) is 2. The van der Waals surface area contributed by atoms with E-state index >= 15 is 0 Å². The third kappa shape index (κ3) is 6.34. The summed E-state index contributed by atoms with van der Waals surface area (Å²) in [6.45, 7) is 4.30. The molecule has 10 heteroatoms. The Labute approximate surface area is 296 Å². The fraction of sp³-hybridized carbons (Fsp3) is 0.244. The molecule has 3 aromatic heterocycles. The highest BCUT2D eigenvalue weighted by molar-refractivity contribution is 5.96. The first-order valence-electron chi connectivity index (χ1n) is 17.4. The van der Waals surface area contributed by atoms with Gasteiger partial charge in [0.2, 0.25) is 0 Å². The number of aromatic nitrogens is 4. The normalized spacial score (nSPS) is 16.0. The lowest BCUT2D eigenvalue weighted by Crippen LogP contribution is -2.48. The molecule has 3 N–H and O–H groups in total. The second-order valence-corrected chi connectivity index (χ2v) is 13.7. The van der Waals surface area contributed by atoms with Gasteiger partial charge in [-0.2, -0.15) is 0 Å². The van der Waals surface area contributed by atoms with Crippen LogP contribution in [-0.4, -0.2) is 72.8 Å². The van der Waals surface area contributed by atoms with E-state index in [1.54, 1.807) is 12.3 Å². The molecular formula is C41H39N7O3. The van der Waals surface area contributed by atoms with Gasteiger partial charge in [-0.15, -0.1) is 0 Å². The van der Waals surface area contributed by atoms with E-state index in [-0.39, 0.29) is 22.6 Å². The number of piperidine rings is 2. The molecule has 51 heavy (non-hydrogen) atoms. The van der Waals surface area contributed by atoms with Crippen LogP contribution in [0.3, 0.4) is 0 Å². The van der Waals surface area contributed by atoms with Gasteiger partial charge in [0.15, 0.2) is 17.8 Å². The van der Waals surface area contributed by atoms with Crippen LogP contribution in [-0.2, 0) is 6.54 Å². The third-order valence-electron chi connectivity index (χ3n) is 10.7.